The molecule has 0 saturated heterocycles. The first-order valence-electron chi connectivity index (χ1n) is 5.85. The van der Waals surface area contributed by atoms with Crippen molar-refractivity contribution in [3.8, 4) is 0 Å². The predicted molar refractivity (Wildman–Crippen MR) is 77.4 cm³/mol. The van der Waals surface area contributed by atoms with Crippen molar-refractivity contribution >= 4 is 23.0 Å². The van der Waals surface area contributed by atoms with Gasteiger partial charge in [0.15, 0.2) is 0 Å². The lowest BCUT2D eigenvalue weighted by atomic mass is 10.2. The number of nitrogens with two attached hydrogens (primary N) is 1. The molecule has 5 heteroatoms. The highest BCUT2D eigenvalue weighted by Crippen LogP contribution is 2.16. The minimum atomic E-state index is -0.225. The number of nitrogens with zero attached hydrogens (tertiary/aromatic N) is 2. The summed E-state index contributed by atoms with van der Waals surface area (Å²) in [6.45, 7) is 0. The van der Waals surface area contributed by atoms with Crippen molar-refractivity contribution in [3.63, 3.8) is 0 Å². The number of benzene rings is 1. The summed E-state index contributed by atoms with van der Waals surface area (Å²) in [6.07, 6.45) is 2.99. The number of hydrogen-bond acceptors (Lipinski definition) is 4. The van der Waals surface area contributed by atoms with Crippen LogP contribution in [0.2, 0.25) is 0 Å². The maximum Gasteiger partial charge on any atom is 0.257 e. The normalized spacial score (nSPS) is 10.0. The monoisotopic (exact) mass is 256 g/mol. The van der Waals surface area contributed by atoms with E-state index < -0.39 is 0 Å². The van der Waals surface area contributed by atoms with Crippen molar-refractivity contribution in [1.29, 1.82) is 0 Å². The molecule has 0 bridgehead atoms. The van der Waals surface area contributed by atoms with Gasteiger partial charge >= 0.3 is 0 Å². The third-order valence-corrected chi connectivity index (χ3v) is 2.66. The summed E-state index contributed by atoms with van der Waals surface area (Å²) in [4.78, 5) is 17.9. The number of nitrogens with one attached hydrogen (secondary N) is 1. The van der Waals surface area contributed by atoms with Crippen molar-refractivity contribution in [2.24, 2.45) is 0 Å². The largest absolute Gasteiger partial charge is 0.397 e. The van der Waals surface area contributed by atoms with E-state index in [1.807, 2.05) is 43.3 Å². The highest BCUT2D eigenvalue weighted by molar-refractivity contribution is 6.04. The average Bonchev–Trinajstić information content (AvgIpc) is 2.39. The average molecular weight is 256 g/mol. The van der Waals surface area contributed by atoms with Gasteiger partial charge in [-0.2, -0.15) is 0 Å². The number of nitrogen functional groups attached to an aromatic ring is 1. The number of carbonyl (C=O) groups is 1. The fourth-order valence-corrected chi connectivity index (χ4v) is 1.63. The second-order valence-corrected chi connectivity index (χ2v) is 4.40. The van der Waals surface area contributed by atoms with E-state index >= 15 is 0 Å². The number of aromatic nitrogens is 1. The molecule has 1 aromatic heterocycles. The second-order valence-electron chi connectivity index (χ2n) is 4.40. The maximum absolute atomic E-state index is 12.0. The molecule has 0 atom stereocenters. The van der Waals surface area contributed by atoms with Crippen LogP contribution in [-0.4, -0.2) is 25.0 Å². The first kappa shape index (κ1) is 12.9. The van der Waals surface area contributed by atoms with Crippen molar-refractivity contribution in [2.45, 2.75) is 0 Å². The summed E-state index contributed by atoms with van der Waals surface area (Å²) in [7, 11) is 3.93. The summed E-state index contributed by atoms with van der Waals surface area (Å²) in [5.74, 6) is -0.225. The number of rotatable bonds is 3. The van der Waals surface area contributed by atoms with Gasteiger partial charge in [-0.3, -0.25) is 9.78 Å². The summed E-state index contributed by atoms with van der Waals surface area (Å²) < 4.78 is 0. The predicted octanol–water partition coefficient (Wildman–Crippen LogP) is 1.98. The van der Waals surface area contributed by atoms with Gasteiger partial charge in [0.05, 0.1) is 11.3 Å². The Morgan fingerprint density at radius 3 is 2.47 bits per heavy atom. The van der Waals surface area contributed by atoms with Gasteiger partial charge in [0, 0.05) is 37.9 Å². The van der Waals surface area contributed by atoms with Crippen LogP contribution in [0.5, 0.6) is 0 Å². The Labute approximate surface area is 112 Å². The van der Waals surface area contributed by atoms with E-state index in [2.05, 4.69) is 10.3 Å². The molecule has 1 heterocycles. The zero-order valence-corrected chi connectivity index (χ0v) is 10.9. The quantitative estimate of drug-likeness (QED) is 0.881. The van der Waals surface area contributed by atoms with E-state index in [0.29, 0.717) is 11.3 Å². The maximum atomic E-state index is 12.0. The van der Waals surface area contributed by atoms with Crippen molar-refractivity contribution in [3.05, 3.63) is 48.3 Å². The number of amides is 1. The minimum absolute atomic E-state index is 0.225. The van der Waals surface area contributed by atoms with Gasteiger partial charge in [-0.25, -0.2) is 0 Å². The molecular weight excluding hydrogens is 240 g/mol. The summed E-state index contributed by atoms with van der Waals surface area (Å²) in [6, 6.07) is 9.18. The lowest BCUT2D eigenvalue weighted by molar-refractivity contribution is 0.102. The Balaban J connectivity index is 2.10. The molecule has 2 rings (SSSR count). The van der Waals surface area contributed by atoms with Crippen molar-refractivity contribution < 1.29 is 4.79 Å². The molecule has 1 amide bonds. The lowest BCUT2D eigenvalue weighted by Crippen LogP contribution is -2.13. The van der Waals surface area contributed by atoms with Crippen LogP contribution in [0.4, 0.5) is 17.1 Å². The number of hydrogen-bond donors (Lipinski definition) is 2. The molecule has 2 aromatic rings. The summed E-state index contributed by atoms with van der Waals surface area (Å²) in [5.41, 5.74) is 8.31. The van der Waals surface area contributed by atoms with Crippen molar-refractivity contribution in [2.75, 3.05) is 30.0 Å². The van der Waals surface area contributed by atoms with Gasteiger partial charge in [-0.15, -0.1) is 0 Å². The van der Waals surface area contributed by atoms with E-state index in [1.54, 1.807) is 6.07 Å². The van der Waals surface area contributed by atoms with Crippen molar-refractivity contribution in [1.82, 2.24) is 4.98 Å². The topological polar surface area (TPSA) is 71.2 Å². The van der Waals surface area contributed by atoms with Gasteiger partial charge in [-0.1, -0.05) is 0 Å². The first-order valence-corrected chi connectivity index (χ1v) is 5.85. The molecule has 0 aliphatic rings. The van der Waals surface area contributed by atoms with Gasteiger partial charge in [-0.05, 0) is 30.3 Å². The molecule has 5 nitrogen and oxygen atoms in total. The second kappa shape index (κ2) is 5.39. The fourth-order valence-electron chi connectivity index (χ4n) is 1.63. The van der Waals surface area contributed by atoms with Crippen LogP contribution in [0.25, 0.3) is 0 Å². The molecule has 0 aliphatic heterocycles. The van der Waals surface area contributed by atoms with E-state index in [-0.39, 0.29) is 5.91 Å². The highest BCUT2D eigenvalue weighted by atomic mass is 16.1. The zero-order valence-electron chi connectivity index (χ0n) is 10.9. The van der Waals surface area contributed by atoms with Crippen LogP contribution >= 0.6 is 0 Å². The minimum Gasteiger partial charge on any atom is -0.397 e. The first-order chi connectivity index (χ1) is 9.06. The van der Waals surface area contributed by atoms with Crippen LogP contribution in [-0.2, 0) is 0 Å². The number of carbonyl (C=O) groups excluding carboxylic acids is 1. The standard InChI is InChI=1S/C14H16N4O/c1-18(2)13-5-3-12(4-6-13)17-14(19)10-7-11(15)9-16-8-10/h3-9H,15H2,1-2H3,(H,17,19). The zero-order chi connectivity index (χ0) is 13.8. The molecule has 0 fully saturated rings. The summed E-state index contributed by atoms with van der Waals surface area (Å²) in [5, 5.41) is 2.80. The number of anilines is 3. The summed E-state index contributed by atoms with van der Waals surface area (Å²) >= 11 is 0. The Hall–Kier alpha value is -2.56. The molecule has 0 spiro atoms. The molecule has 0 saturated carbocycles. The molecule has 0 aliphatic carbocycles. The Kier molecular flexibility index (Phi) is 3.66. The van der Waals surface area contributed by atoms with Crippen LogP contribution in [0, 0.1) is 0 Å². The molecule has 98 valence electrons. The van der Waals surface area contributed by atoms with Crippen LogP contribution in [0.3, 0.4) is 0 Å². The highest BCUT2D eigenvalue weighted by Gasteiger charge is 2.07. The Morgan fingerprint density at radius 1 is 1.21 bits per heavy atom. The van der Waals surface area contributed by atoms with E-state index in [9.17, 15) is 4.79 Å². The smallest absolute Gasteiger partial charge is 0.257 e. The third-order valence-electron chi connectivity index (χ3n) is 2.66. The molecule has 3 N–H and O–H groups in total. The van der Waals surface area contributed by atoms with Gasteiger partial charge in [0.1, 0.15) is 0 Å². The number of pyridine rings is 1. The van der Waals surface area contributed by atoms with Crippen LogP contribution < -0.4 is 16.0 Å². The molecular formula is C14H16N4O. The molecule has 0 radical (unpaired) electrons. The Bertz CT molecular complexity index is 578. The van der Waals surface area contributed by atoms with Crippen LogP contribution in [0.1, 0.15) is 10.4 Å². The van der Waals surface area contributed by atoms with E-state index in [4.69, 9.17) is 5.73 Å². The fraction of sp³-hybridized carbons (Fsp3) is 0.143. The SMILES string of the molecule is CN(C)c1ccc(NC(=O)c2cncc(N)c2)cc1. The van der Waals surface area contributed by atoms with E-state index in [1.165, 1.54) is 12.4 Å². The molecule has 1 aromatic carbocycles. The third kappa shape index (κ3) is 3.22. The lowest BCUT2D eigenvalue weighted by Gasteiger charge is -2.13. The van der Waals surface area contributed by atoms with Crippen LogP contribution in [0.15, 0.2) is 42.7 Å². The van der Waals surface area contributed by atoms with E-state index in [0.717, 1.165) is 11.4 Å². The van der Waals surface area contributed by atoms with Gasteiger partial charge in [0.25, 0.3) is 5.91 Å². The molecule has 0 unspecified atom stereocenters. The van der Waals surface area contributed by atoms with Gasteiger partial charge in [0.2, 0.25) is 0 Å². The molecule has 19 heavy (non-hydrogen) atoms. The van der Waals surface area contributed by atoms with Gasteiger partial charge < -0.3 is 16.0 Å². The Morgan fingerprint density at radius 2 is 1.89 bits per heavy atom.